The Labute approximate surface area is 199 Å². The SMILES string of the molecule is COc1cc(C=CC(=O)NCCOc2cccc3ccccc23)ccc1OCc1ccccc1. The predicted octanol–water partition coefficient (Wildman–Crippen LogP) is 5.64. The summed E-state index contributed by atoms with van der Waals surface area (Å²) < 4.78 is 17.2. The fourth-order valence-corrected chi connectivity index (χ4v) is 3.53. The van der Waals surface area contributed by atoms with E-state index >= 15 is 0 Å². The molecule has 0 aromatic heterocycles. The van der Waals surface area contributed by atoms with Crippen molar-refractivity contribution in [1.29, 1.82) is 0 Å². The summed E-state index contributed by atoms with van der Waals surface area (Å²) >= 11 is 0. The number of hydrogen-bond acceptors (Lipinski definition) is 4. The second-order valence-electron chi connectivity index (χ2n) is 7.63. The van der Waals surface area contributed by atoms with Gasteiger partial charge in [0.25, 0.3) is 0 Å². The molecule has 0 fully saturated rings. The van der Waals surface area contributed by atoms with Gasteiger partial charge in [-0.2, -0.15) is 0 Å². The van der Waals surface area contributed by atoms with Gasteiger partial charge in [0.05, 0.1) is 13.7 Å². The Morgan fingerprint density at radius 3 is 2.47 bits per heavy atom. The number of benzene rings is 4. The summed E-state index contributed by atoms with van der Waals surface area (Å²) in [5, 5.41) is 5.02. The number of ether oxygens (including phenoxy) is 3. The Hall–Kier alpha value is -4.25. The molecule has 4 aromatic carbocycles. The lowest BCUT2D eigenvalue weighted by atomic mass is 10.1. The number of nitrogens with one attached hydrogen (secondary N) is 1. The maximum Gasteiger partial charge on any atom is 0.244 e. The molecule has 0 heterocycles. The second-order valence-corrected chi connectivity index (χ2v) is 7.63. The van der Waals surface area contributed by atoms with E-state index in [1.165, 1.54) is 6.08 Å². The van der Waals surface area contributed by atoms with Crippen LogP contribution in [0.4, 0.5) is 0 Å². The van der Waals surface area contributed by atoms with Crippen molar-refractivity contribution in [2.24, 2.45) is 0 Å². The average molecular weight is 454 g/mol. The van der Waals surface area contributed by atoms with Crippen LogP contribution >= 0.6 is 0 Å². The maximum absolute atomic E-state index is 12.2. The molecule has 0 aliphatic carbocycles. The minimum Gasteiger partial charge on any atom is -0.493 e. The van der Waals surface area contributed by atoms with Gasteiger partial charge < -0.3 is 19.5 Å². The summed E-state index contributed by atoms with van der Waals surface area (Å²) in [6, 6.07) is 29.5. The third kappa shape index (κ3) is 6.17. The van der Waals surface area contributed by atoms with Crippen molar-refractivity contribution >= 4 is 22.8 Å². The Balaban J connectivity index is 1.26. The van der Waals surface area contributed by atoms with Gasteiger partial charge in [0.15, 0.2) is 11.5 Å². The molecule has 4 aromatic rings. The first-order chi connectivity index (χ1) is 16.7. The van der Waals surface area contributed by atoms with E-state index < -0.39 is 0 Å². The van der Waals surface area contributed by atoms with Gasteiger partial charge in [-0.3, -0.25) is 4.79 Å². The Kier molecular flexibility index (Phi) is 7.80. The maximum atomic E-state index is 12.2. The largest absolute Gasteiger partial charge is 0.493 e. The second kappa shape index (κ2) is 11.6. The van der Waals surface area contributed by atoms with Gasteiger partial charge in [0.1, 0.15) is 19.0 Å². The molecule has 1 amide bonds. The highest BCUT2D eigenvalue weighted by atomic mass is 16.5. The summed E-state index contributed by atoms with van der Waals surface area (Å²) in [6.07, 6.45) is 3.24. The van der Waals surface area contributed by atoms with E-state index in [2.05, 4.69) is 5.32 Å². The molecule has 4 rings (SSSR count). The highest BCUT2D eigenvalue weighted by molar-refractivity contribution is 5.91. The Morgan fingerprint density at radius 1 is 0.824 bits per heavy atom. The molecule has 0 atom stereocenters. The Bertz CT molecular complexity index is 1260. The van der Waals surface area contributed by atoms with Crippen LogP contribution < -0.4 is 19.5 Å². The van der Waals surface area contributed by atoms with E-state index in [0.29, 0.717) is 31.3 Å². The molecule has 0 bridgehead atoms. The van der Waals surface area contributed by atoms with Gasteiger partial charge >= 0.3 is 0 Å². The quantitative estimate of drug-likeness (QED) is 0.250. The first kappa shape index (κ1) is 22.9. The lowest BCUT2D eigenvalue weighted by Crippen LogP contribution is -2.26. The number of rotatable bonds is 10. The number of fused-ring (bicyclic) bond motifs is 1. The van der Waals surface area contributed by atoms with E-state index in [1.54, 1.807) is 13.2 Å². The molecule has 5 nitrogen and oxygen atoms in total. The standard InChI is InChI=1S/C29H27NO4/c1-32-28-20-22(14-16-27(28)34-21-23-8-3-2-4-9-23)15-17-29(31)30-18-19-33-26-13-7-11-24-10-5-6-12-25(24)26/h2-17,20H,18-19,21H2,1H3,(H,30,31). The number of hydrogen-bond donors (Lipinski definition) is 1. The zero-order valence-electron chi connectivity index (χ0n) is 19.1. The number of carbonyl (C=O) groups excluding carboxylic acids is 1. The zero-order chi connectivity index (χ0) is 23.6. The van der Waals surface area contributed by atoms with Crippen LogP contribution in [0.1, 0.15) is 11.1 Å². The fourth-order valence-electron chi connectivity index (χ4n) is 3.53. The lowest BCUT2D eigenvalue weighted by Gasteiger charge is -2.11. The molecule has 0 aliphatic rings. The minimum atomic E-state index is -0.190. The molecule has 1 N–H and O–H groups in total. The summed E-state index contributed by atoms with van der Waals surface area (Å²) in [6.45, 7) is 1.24. The van der Waals surface area contributed by atoms with E-state index in [-0.39, 0.29) is 5.91 Å². The van der Waals surface area contributed by atoms with Crippen LogP contribution in [0.15, 0.2) is 97.1 Å². The van der Waals surface area contributed by atoms with Crippen molar-refractivity contribution in [3.8, 4) is 17.2 Å². The minimum absolute atomic E-state index is 0.190. The zero-order valence-corrected chi connectivity index (χ0v) is 19.1. The monoisotopic (exact) mass is 453 g/mol. The third-order valence-corrected chi connectivity index (χ3v) is 5.26. The van der Waals surface area contributed by atoms with Crippen LogP contribution in [0.2, 0.25) is 0 Å². The van der Waals surface area contributed by atoms with Crippen LogP contribution in [0.5, 0.6) is 17.2 Å². The molecule has 0 radical (unpaired) electrons. The van der Waals surface area contributed by atoms with Gasteiger partial charge in [-0.15, -0.1) is 0 Å². The van der Waals surface area contributed by atoms with Crippen molar-refractivity contribution < 1.29 is 19.0 Å². The van der Waals surface area contributed by atoms with Gasteiger partial charge in [-0.25, -0.2) is 0 Å². The number of methoxy groups -OCH3 is 1. The molecule has 0 saturated carbocycles. The molecule has 172 valence electrons. The van der Waals surface area contributed by atoms with Gasteiger partial charge in [0, 0.05) is 11.5 Å². The average Bonchev–Trinajstić information content (AvgIpc) is 2.89. The first-order valence-electron chi connectivity index (χ1n) is 11.1. The van der Waals surface area contributed by atoms with E-state index in [4.69, 9.17) is 14.2 Å². The molecule has 0 saturated heterocycles. The summed E-state index contributed by atoms with van der Waals surface area (Å²) in [4.78, 5) is 12.2. The van der Waals surface area contributed by atoms with E-state index in [1.807, 2.05) is 91.0 Å². The number of carbonyl (C=O) groups is 1. The van der Waals surface area contributed by atoms with Crippen LogP contribution in [0, 0.1) is 0 Å². The molecule has 0 unspecified atom stereocenters. The van der Waals surface area contributed by atoms with Crippen LogP contribution in [0.25, 0.3) is 16.8 Å². The van der Waals surface area contributed by atoms with Gasteiger partial charge in [0.2, 0.25) is 5.91 Å². The van der Waals surface area contributed by atoms with E-state index in [9.17, 15) is 4.79 Å². The van der Waals surface area contributed by atoms with Crippen molar-refractivity contribution in [2.75, 3.05) is 20.3 Å². The molecule has 0 aliphatic heterocycles. The molecule has 0 spiro atoms. The topological polar surface area (TPSA) is 56.8 Å². The highest BCUT2D eigenvalue weighted by Crippen LogP contribution is 2.29. The van der Waals surface area contributed by atoms with Crippen molar-refractivity contribution in [2.45, 2.75) is 6.61 Å². The van der Waals surface area contributed by atoms with Crippen molar-refractivity contribution in [1.82, 2.24) is 5.32 Å². The molecular weight excluding hydrogens is 426 g/mol. The Morgan fingerprint density at radius 2 is 1.62 bits per heavy atom. The summed E-state index contributed by atoms with van der Waals surface area (Å²) in [5.74, 6) is 1.88. The van der Waals surface area contributed by atoms with Crippen LogP contribution in [0.3, 0.4) is 0 Å². The number of amides is 1. The van der Waals surface area contributed by atoms with Crippen LogP contribution in [-0.4, -0.2) is 26.2 Å². The lowest BCUT2D eigenvalue weighted by molar-refractivity contribution is -0.116. The summed E-state index contributed by atoms with van der Waals surface area (Å²) in [5.41, 5.74) is 1.92. The van der Waals surface area contributed by atoms with Crippen molar-refractivity contribution in [3.05, 3.63) is 108 Å². The van der Waals surface area contributed by atoms with E-state index in [0.717, 1.165) is 27.6 Å². The fraction of sp³-hybridized carbons (Fsp3) is 0.138. The molecule has 34 heavy (non-hydrogen) atoms. The van der Waals surface area contributed by atoms with Gasteiger partial charge in [-0.05, 0) is 40.8 Å². The normalized spacial score (nSPS) is 10.9. The first-order valence-corrected chi connectivity index (χ1v) is 11.1. The highest BCUT2D eigenvalue weighted by Gasteiger charge is 2.06. The van der Waals surface area contributed by atoms with Crippen molar-refractivity contribution in [3.63, 3.8) is 0 Å². The smallest absolute Gasteiger partial charge is 0.244 e. The predicted molar refractivity (Wildman–Crippen MR) is 135 cm³/mol. The summed E-state index contributed by atoms with van der Waals surface area (Å²) in [7, 11) is 1.60. The molecule has 5 heteroatoms. The third-order valence-electron chi connectivity index (χ3n) is 5.26. The van der Waals surface area contributed by atoms with Crippen LogP contribution in [-0.2, 0) is 11.4 Å². The van der Waals surface area contributed by atoms with Gasteiger partial charge in [-0.1, -0.05) is 72.8 Å². The molecular formula is C29H27NO4.